The zero-order valence-corrected chi connectivity index (χ0v) is 9.53. The van der Waals surface area contributed by atoms with E-state index in [1.54, 1.807) is 24.4 Å². The molecular formula is C12H9NO3S. The number of rotatable bonds is 1. The molecule has 0 fully saturated rings. The Morgan fingerprint density at radius 2 is 1.76 bits per heavy atom. The van der Waals surface area contributed by atoms with Crippen LogP contribution in [-0.4, -0.2) is 18.0 Å². The first-order valence-corrected chi connectivity index (χ1v) is 6.48. The summed E-state index contributed by atoms with van der Waals surface area (Å²) in [6.07, 6.45) is 1.80. The SMILES string of the molecule is O=S(=O)(O)c1cccc2c1ccc1[nH]ccc12. The van der Waals surface area contributed by atoms with Gasteiger partial charge in [-0.15, -0.1) is 0 Å². The van der Waals surface area contributed by atoms with E-state index in [2.05, 4.69) is 4.98 Å². The fraction of sp³-hybridized carbons (Fsp3) is 0. The number of H-pyrrole nitrogens is 1. The maximum absolute atomic E-state index is 11.3. The van der Waals surface area contributed by atoms with Crippen molar-refractivity contribution in [1.82, 2.24) is 4.98 Å². The van der Waals surface area contributed by atoms with E-state index >= 15 is 0 Å². The highest BCUT2D eigenvalue weighted by molar-refractivity contribution is 7.86. The van der Waals surface area contributed by atoms with Crippen LogP contribution in [-0.2, 0) is 10.1 Å². The summed E-state index contributed by atoms with van der Waals surface area (Å²) < 4.78 is 31.7. The van der Waals surface area contributed by atoms with Gasteiger partial charge in [-0.1, -0.05) is 18.2 Å². The Morgan fingerprint density at radius 1 is 0.941 bits per heavy atom. The minimum Gasteiger partial charge on any atom is -0.361 e. The van der Waals surface area contributed by atoms with Gasteiger partial charge in [-0.25, -0.2) is 0 Å². The Hall–Kier alpha value is -1.85. The molecule has 2 N–H and O–H groups in total. The molecule has 0 aliphatic carbocycles. The van der Waals surface area contributed by atoms with Gasteiger partial charge >= 0.3 is 0 Å². The maximum Gasteiger partial charge on any atom is 0.295 e. The molecule has 0 saturated carbocycles. The third-order valence-corrected chi connectivity index (χ3v) is 3.74. The fourth-order valence-electron chi connectivity index (χ4n) is 2.10. The van der Waals surface area contributed by atoms with E-state index in [-0.39, 0.29) is 4.90 Å². The van der Waals surface area contributed by atoms with Crippen LogP contribution in [0.1, 0.15) is 0 Å². The number of fused-ring (bicyclic) bond motifs is 3. The maximum atomic E-state index is 11.3. The third kappa shape index (κ3) is 1.51. The first kappa shape index (κ1) is 10.3. The van der Waals surface area contributed by atoms with Gasteiger partial charge in [-0.2, -0.15) is 8.42 Å². The molecule has 0 atom stereocenters. The van der Waals surface area contributed by atoms with Crippen molar-refractivity contribution in [2.45, 2.75) is 4.90 Å². The zero-order valence-electron chi connectivity index (χ0n) is 8.71. The van der Waals surface area contributed by atoms with Crippen molar-refractivity contribution in [1.29, 1.82) is 0 Å². The van der Waals surface area contributed by atoms with Crippen molar-refractivity contribution in [3.63, 3.8) is 0 Å². The summed E-state index contributed by atoms with van der Waals surface area (Å²) in [5, 5.41) is 2.27. The van der Waals surface area contributed by atoms with Gasteiger partial charge in [0, 0.05) is 22.5 Å². The molecule has 3 rings (SSSR count). The van der Waals surface area contributed by atoms with Crippen molar-refractivity contribution in [2.24, 2.45) is 0 Å². The van der Waals surface area contributed by atoms with Gasteiger partial charge in [0.05, 0.1) is 0 Å². The third-order valence-electron chi connectivity index (χ3n) is 2.83. The van der Waals surface area contributed by atoms with Crippen LogP contribution in [0.4, 0.5) is 0 Å². The van der Waals surface area contributed by atoms with Gasteiger partial charge < -0.3 is 4.98 Å². The molecule has 3 aromatic rings. The van der Waals surface area contributed by atoms with E-state index in [1.165, 1.54) is 6.07 Å². The molecule has 0 amide bonds. The summed E-state index contributed by atoms with van der Waals surface area (Å²) in [4.78, 5) is 3.00. The summed E-state index contributed by atoms with van der Waals surface area (Å²) >= 11 is 0. The number of nitrogens with one attached hydrogen (secondary N) is 1. The van der Waals surface area contributed by atoms with Gasteiger partial charge in [0.25, 0.3) is 10.1 Å². The van der Waals surface area contributed by atoms with Crippen LogP contribution < -0.4 is 0 Å². The predicted octanol–water partition coefficient (Wildman–Crippen LogP) is 2.57. The molecular weight excluding hydrogens is 238 g/mol. The predicted molar refractivity (Wildman–Crippen MR) is 65.6 cm³/mol. The highest BCUT2D eigenvalue weighted by Gasteiger charge is 2.14. The van der Waals surface area contributed by atoms with Gasteiger partial charge in [0.15, 0.2) is 0 Å². The molecule has 0 saturated heterocycles. The summed E-state index contributed by atoms with van der Waals surface area (Å²) in [6.45, 7) is 0. The molecule has 1 aromatic heterocycles. The zero-order chi connectivity index (χ0) is 12.0. The van der Waals surface area contributed by atoms with Crippen molar-refractivity contribution >= 4 is 31.8 Å². The van der Waals surface area contributed by atoms with E-state index < -0.39 is 10.1 Å². The summed E-state index contributed by atoms with van der Waals surface area (Å²) in [7, 11) is -4.19. The van der Waals surface area contributed by atoms with Gasteiger partial charge in [0.2, 0.25) is 0 Å². The molecule has 0 radical (unpaired) electrons. The molecule has 5 heteroatoms. The van der Waals surface area contributed by atoms with Gasteiger partial charge in [-0.3, -0.25) is 4.55 Å². The number of benzene rings is 2. The number of aromatic amines is 1. The Morgan fingerprint density at radius 3 is 2.53 bits per heavy atom. The van der Waals surface area contributed by atoms with Crippen molar-refractivity contribution in [3.8, 4) is 0 Å². The monoisotopic (exact) mass is 247 g/mol. The average Bonchev–Trinajstić information content (AvgIpc) is 2.75. The summed E-state index contributed by atoms with van der Waals surface area (Å²) in [6, 6.07) is 10.2. The molecule has 0 unspecified atom stereocenters. The Bertz CT molecular complexity index is 818. The second-order valence-corrected chi connectivity index (χ2v) is 5.22. The van der Waals surface area contributed by atoms with Crippen LogP contribution in [0.2, 0.25) is 0 Å². The molecule has 1 heterocycles. The number of hydrogen-bond acceptors (Lipinski definition) is 2. The van der Waals surface area contributed by atoms with Crippen molar-refractivity contribution in [3.05, 3.63) is 42.6 Å². The van der Waals surface area contributed by atoms with Crippen LogP contribution >= 0.6 is 0 Å². The van der Waals surface area contributed by atoms with E-state index in [9.17, 15) is 13.0 Å². The fourth-order valence-corrected chi connectivity index (χ4v) is 2.80. The smallest absolute Gasteiger partial charge is 0.295 e. The number of aromatic nitrogens is 1. The van der Waals surface area contributed by atoms with E-state index in [1.807, 2.05) is 12.1 Å². The van der Waals surface area contributed by atoms with Crippen LogP contribution in [0.5, 0.6) is 0 Å². The lowest BCUT2D eigenvalue weighted by molar-refractivity contribution is 0.484. The first-order chi connectivity index (χ1) is 8.07. The standard InChI is InChI=1S/C12H9NO3S/c14-17(15,16)12-3-1-2-8-9-6-7-13-11(9)5-4-10(8)12/h1-7,13H,(H,14,15,16). The molecule has 0 spiro atoms. The Kier molecular flexibility index (Phi) is 2.01. The Labute approximate surface area is 97.6 Å². The minimum atomic E-state index is -4.19. The molecule has 17 heavy (non-hydrogen) atoms. The second-order valence-electron chi connectivity index (χ2n) is 3.83. The lowest BCUT2D eigenvalue weighted by Crippen LogP contribution is -1.98. The highest BCUT2D eigenvalue weighted by Crippen LogP contribution is 2.29. The van der Waals surface area contributed by atoms with E-state index in [4.69, 9.17) is 0 Å². The summed E-state index contributed by atoms with van der Waals surface area (Å²) in [5.74, 6) is 0. The average molecular weight is 247 g/mol. The quantitative estimate of drug-likeness (QED) is 0.649. The normalized spacial score (nSPS) is 12.3. The van der Waals surface area contributed by atoms with Crippen LogP contribution in [0, 0.1) is 0 Å². The largest absolute Gasteiger partial charge is 0.361 e. The molecule has 0 aliphatic heterocycles. The van der Waals surface area contributed by atoms with Crippen LogP contribution in [0.15, 0.2) is 47.5 Å². The summed E-state index contributed by atoms with van der Waals surface area (Å²) in [5.41, 5.74) is 0.935. The van der Waals surface area contributed by atoms with E-state index in [0.29, 0.717) is 5.39 Å². The second kappa shape index (κ2) is 3.32. The van der Waals surface area contributed by atoms with Crippen molar-refractivity contribution in [2.75, 3.05) is 0 Å². The Balaban J connectivity index is 2.57. The van der Waals surface area contributed by atoms with Crippen molar-refractivity contribution < 1.29 is 13.0 Å². The van der Waals surface area contributed by atoms with Crippen LogP contribution in [0.3, 0.4) is 0 Å². The lowest BCUT2D eigenvalue weighted by Gasteiger charge is -2.04. The lowest BCUT2D eigenvalue weighted by atomic mass is 10.1. The molecule has 0 bridgehead atoms. The minimum absolute atomic E-state index is 0.0573. The molecule has 2 aromatic carbocycles. The van der Waals surface area contributed by atoms with Gasteiger partial charge in [-0.05, 0) is 23.6 Å². The molecule has 0 aliphatic rings. The molecule has 86 valence electrons. The van der Waals surface area contributed by atoms with Crippen LogP contribution in [0.25, 0.3) is 21.7 Å². The highest BCUT2D eigenvalue weighted by atomic mass is 32.2. The topological polar surface area (TPSA) is 70.2 Å². The number of hydrogen-bond donors (Lipinski definition) is 2. The van der Waals surface area contributed by atoms with E-state index in [0.717, 1.165) is 16.3 Å². The molecule has 4 nitrogen and oxygen atoms in total. The van der Waals surface area contributed by atoms with Gasteiger partial charge in [0.1, 0.15) is 4.90 Å². The first-order valence-electron chi connectivity index (χ1n) is 5.04.